The van der Waals surface area contributed by atoms with Gasteiger partial charge in [0.05, 0.1) is 24.1 Å². The molecule has 0 aliphatic heterocycles. The molecule has 0 unspecified atom stereocenters. The second kappa shape index (κ2) is 8.15. The number of H-pyrrole nitrogens is 1. The summed E-state index contributed by atoms with van der Waals surface area (Å²) in [7, 11) is 3.17. The average molecular weight is 309 g/mol. The fourth-order valence-electron chi connectivity index (χ4n) is 1.72. The van der Waals surface area contributed by atoms with Crippen LogP contribution in [0.2, 0.25) is 0 Å². The molecule has 0 aromatic carbocycles. The van der Waals surface area contributed by atoms with Gasteiger partial charge in [0.25, 0.3) is 0 Å². The van der Waals surface area contributed by atoms with Crippen LogP contribution in [0.4, 0.5) is 10.6 Å². The number of anilines is 1. The minimum absolute atomic E-state index is 0.347. The van der Waals surface area contributed by atoms with E-state index in [1.54, 1.807) is 26.5 Å². The fraction of sp³-hybridized carbons (Fsp3) is 0.462. The molecule has 0 radical (unpaired) electrons. The standard InChI is InChI=1S/C13H19N5O4/c1-20-4-3-14-13(19)16-11-7-10-9(8-15-11)12(18-17-10)22-6-5-21-2/h7-8H,3-6H2,1-2H3,(H,17,18)(H2,14,15,16,19). The third kappa shape index (κ3) is 4.30. The number of fused-ring (bicyclic) bond motifs is 1. The first-order valence-electron chi connectivity index (χ1n) is 6.74. The lowest BCUT2D eigenvalue weighted by Crippen LogP contribution is -2.31. The van der Waals surface area contributed by atoms with Crippen molar-refractivity contribution in [2.24, 2.45) is 0 Å². The van der Waals surface area contributed by atoms with Crippen LogP contribution >= 0.6 is 0 Å². The molecular formula is C13H19N5O4. The monoisotopic (exact) mass is 309 g/mol. The number of methoxy groups -OCH3 is 2. The predicted octanol–water partition coefficient (Wildman–Crippen LogP) is 0.751. The molecule has 0 atom stereocenters. The van der Waals surface area contributed by atoms with Gasteiger partial charge in [-0.05, 0) is 0 Å². The SMILES string of the molecule is COCCNC(=O)Nc1cc2[nH]nc(OCCOC)c2cn1. The maximum atomic E-state index is 11.6. The zero-order valence-electron chi connectivity index (χ0n) is 12.5. The molecule has 2 rings (SSSR count). The quantitative estimate of drug-likeness (QED) is 0.621. The van der Waals surface area contributed by atoms with E-state index in [2.05, 4.69) is 25.8 Å². The summed E-state index contributed by atoms with van der Waals surface area (Å²) in [6, 6.07) is 1.33. The van der Waals surface area contributed by atoms with Crippen LogP contribution in [-0.2, 0) is 9.47 Å². The Balaban J connectivity index is 1.97. The lowest BCUT2D eigenvalue weighted by molar-refractivity contribution is 0.144. The Kier molecular flexibility index (Phi) is 5.92. The topological polar surface area (TPSA) is 110 Å². The number of aromatic amines is 1. The Labute approximate surface area is 127 Å². The number of aromatic nitrogens is 3. The zero-order chi connectivity index (χ0) is 15.8. The Hall–Kier alpha value is -2.39. The molecule has 0 bridgehead atoms. The Morgan fingerprint density at radius 1 is 1.27 bits per heavy atom. The number of hydrogen-bond donors (Lipinski definition) is 3. The lowest BCUT2D eigenvalue weighted by Gasteiger charge is -2.06. The van der Waals surface area contributed by atoms with Gasteiger partial charge in [-0.1, -0.05) is 0 Å². The largest absolute Gasteiger partial charge is 0.474 e. The molecule has 0 aliphatic carbocycles. The molecule has 2 heterocycles. The van der Waals surface area contributed by atoms with E-state index in [0.717, 1.165) is 10.9 Å². The molecule has 22 heavy (non-hydrogen) atoms. The molecule has 0 saturated carbocycles. The highest BCUT2D eigenvalue weighted by atomic mass is 16.5. The van der Waals surface area contributed by atoms with Gasteiger partial charge >= 0.3 is 6.03 Å². The molecule has 0 fully saturated rings. The highest BCUT2D eigenvalue weighted by Gasteiger charge is 2.09. The summed E-state index contributed by atoms with van der Waals surface area (Å²) in [4.78, 5) is 15.8. The summed E-state index contributed by atoms with van der Waals surface area (Å²) in [6.07, 6.45) is 1.59. The normalized spacial score (nSPS) is 10.6. The van der Waals surface area contributed by atoms with Gasteiger partial charge in [0.1, 0.15) is 12.4 Å². The fourth-order valence-corrected chi connectivity index (χ4v) is 1.72. The van der Waals surface area contributed by atoms with Crippen molar-refractivity contribution in [1.29, 1.82) is 0 Å². The first-order chi connectivity index (χ1) is 10.7. The van der Waals surface area contributed by atoms with Crippen LogP contribution in [0.25, 0.3) is 10.9 Å². The predicted molar refractivity (Wildman–Crippen MR) is 80.2 cm³/mol. The third-order valence-electron chi connectivity index (χ3n) is 2.77. The number of nitrogens with zero attached hydrogens (tertiary/aromatic N) is 2. The molecule has 0 aliphatic rings. The van der Waals surface area contributed by atoms with Crippen molar-refractivity contribution in [3.05, 3.63) is 12.3 Å². The molecule has 2 amide bonds. The first-order valence-corrected chi connectivity index (χ1v) is 6.74. The van der Waals surface area contributed by atoms with Crippen LogP contribution in [0.5, 0.6) is 5.88 Å². The molecule has 120 valence electrons. The first kappa shape index (κ1) is 16.0. The molecule has 9 nitrogen and oxygen atoms in total. The maximum Gasteiger partial charge on any atom is 0.320 e. The number of carbonyl (C=O) groups excluding carboxylic acids is 1. The molecule has 3 N–H and O–H groups in total. The number of amides is 2. The van der Waals surface area contributed by atoms with Crippen molar-refractivity contribution in [3.63, 3.8) is 0 Å². The van der Waals surface area contributed by atoms with Crippen LogP contribution in [0.15, 0.2) is 12.3 Å². The summed E-state index contributed by atoms with van der Waals surface area (Å²) in [6.45, 7) is 1.75. The number of pyridine rings is 1. The molecule has 0 spiro atoms. The van der Waals surface area contributed by atoms with Gasteiger partial charge in [-0.25, -0.2) is 9.78 Å². The highest BCUT2D eigenvalue weighted by molar-refractivity contribution is 5.91. The van der Waals surface area contributed by atoms with E-state index in [0.29, 0.717) is 38.1 Å². The van der Waals surface area contributed by atoms with E-state index in [4.69, 9.17) is 14.2 Å². The number of ether oxygens (including phenoxy) is 3. The van der Waals surface area contributed by atoms with E-state index in [-0.39, 0.29) is 6.03 Å². The summed E-state index contributed by atoms with van der Waals surface area (Å²) in [5, 5.41) is 12.9. The van der Waals surface area contributed by atoms with Gasteiger partial charge in [-0.2, -0.15) is 0 Å². The zero-order valence-corrected chi connectivity index (χ0v) is 12.5. The Morgan fingerprint density at radius 3 is 2.86 bits per heavy atom. The van der Waals surface area contributed by atoms with Gasteiger partial charge in [-0.3, -0.25) is 10.4 Å². The van der Waals surface area contributed by atoms with Gasteiger partial charge < -0.3 is 19.5 Å². The number of carbonyl (C=O) groups is 1. The number of hydrogen-bond acceptors (Lipinski definition) is 6. The second-order valence-electron chi connectivity index (χ2n) is 4.36. The van der Waals surface area contributed by atoms with Gasteiger partial charge in [0.2, 0.25) is 5.88 Å². The van der Waals surface area contributed by atoms with Crippen LogP contribution in [0, 0.1) is 0 Å². The van der Waals surface area contributed by atoms with Gasteiger partial charge in [0, 0.05) is 33.0 Å². The van der Waals surface area contributed by atoms with E-state index >= 15 is 0 Å². The van der Waals surface area contributed by atoms with E-state index in [9.17, 15) is 4.79 Å². The van der Waals surface area contributed by atoms with E-state index in [1.165, 1.54) is 0 Å². The molecule has 0 saturated heterocycles. The molecule has 9 heteroatoms. The second-order valence-corrected chi connectivity index (χ2v) is 4.36. The average Bonchev–Trinajstić information content (AvgIpc) is 2.90. The maximum absolute atomic E-state index is 11.6. The van der Waals surface area contributed by atoms with Crippen LogP contribution < -0.4 is 15.4 Å². The van der Waals surface area contributed by atoms with Crippen molar-refractivity contribution in [2.45, 2.75) is 0 Å². The minimum Gasteiger partial charge on any atom is -0.474 e. The number of rotatable bonds is 8. The highest BCUT2D eigenvalue weighted by Crippen LogP contribution is 2.23. The van der Waals surface area contributed by atoms with Crippen molar-refractivity contribution < 1.29 is 19.0 Å². The van der Waals surface area contributed by atoms with Gasteiger partial charge in [0.15, 0.2) is 0 Å². The summed E-state index contributed by atoms with van der Waals surface area (Å²) in [5.41, 5.74) is 0.717. The van der Waals surface area contributed by atoms with Gasteiger partial charge in [-0.15, -0.1) is 5.10 Å². The number of nitrogens with one attached hydrogen (secondary N) is 3. The van der Waals surface area contributed by atoms with Crippen molar-refractivity contribution in [3.8, 4) is 5.88 Å². The Bertz CT molecular complexity index is 615. The van der Waals surface area contributed by atoms with E-state index in [1.807, 2.05) is 0 Å². The molecular weight excluding hydrogens is 290 g/mol. The van der Waals surface area contributed by atoms with Crippen LogP contribution in [-0.4, -0.2) is 61.8 Å². The molecule has 2 aromatic heterocycles. The molecule has 2 aromatic rings. The summed E-state index contributed by atoms with van der Waals surface area (Å²) < 4.78 is 15.2. The minimum atomic E-state index is -0.347. The lowest BCUT2D eigenvalue weighted by atomic mass is 10.3. The smallest absolute Gasteiger partial charge is 0.320 e. The van der Waals surface area contributed by atoms with Crippen molar-refractivity contribution >= 4 is 22.8 Å². The number of urea groups is 1. The Morgan fingerprint density at radius 2 is 2.09 bits per heavy atom. The van der Waals surface area contributed by atoms with Crippen LogP contribution in [0.1, 0.15) is 0 Å². The van der Waals surface area contributed by atoms with E-state index < -0.39 is 0 Å². The van der Waals surface area contributed by atoms with Crippen molar-refractivity contribution in [1.82, 2.24) is 20.5 Å². The van der Waals surface area contributed by atoms with Crippen LogP contribution in [0.3, 0.4) is 0 Å². The van der Waals surface area contributed by atoms with Crippen molar-refractivity contribution in [2.75, 3.05) is 45.9 Å². The third-order valence-corrected chi connectivity index (χ3v) is 2.77. The summed E-state index contributed by atoms with van der Waals surface area (Å²) in [5.74, 6) is 0.866. The summed E-state index contributed by atoms with van der Waals surface area (Å²) >= 11 is 0.